The van der Waals surface area contributed by atoms with E-state index in [4.69, 9.17) is 32.0 Å². The van der Waals surface area contributed by atoms with Crippen LogP contribution in [0.4, 0.5) is 0 Å². The van der Waals surface area contributed by atoms with E-state index in [0.717, 1.165) is 0 Å². The minimum atomic E-state index is -0.0187. The third-order valence-electron chi connectivity index (χ3n) is 2.21. The van der Waals surface area contributed by atoms with Crippen LogP contribution >= 0.6 is 11.6 Å². The van der Waals surface area contributed by atoms with E-state index in [1.54, 1.807) is 25.3 Å². The van der Waals surface area contributed by atoms with Gasteiger partial charge < -0.3 is 20.4 Å². The maximum Gasteiger partial charge on any atom is 0.170 e. The van der Waals surface area contributed by atoms with Crippen LogP contribution in [0.5, 0.6) is 5.75 Å². The first-order valence-corrected chi connectivity index (χ1v) is 5.39. The molecule has 0 saturated carbocycles. The van der Waals surface area contributed by atoms with Crippen molar-refractivity contribution in [2.24, 2.45) is 10.9 Å². The van der Waals surface area contributed by atoms with Crippen molar-refractivity contribution < 1.29 is 14.7 Å². The Labute approximate surface area is 105 Å². The summed E-state index contributed by atoms with van der Waals surface area (Å²) in [4.78, 5) is 0. The minimum absolute atomic E-state index is 0.00343. The third kappa shape index (κ3) is 3.80. The second-order valence-corrected chi connectivity index (χ2v) is 3.89. The van der Waals surface area contributed by atoms with E-state index in [9.17, 15) is 0 Å². The maximum atomic E-state index is 8.53. The maximum absolute atomic E-state index is 8.53. The molecule has 17 heavy (non-hydrogen) atoms. The molecule has 1 atom stereocenters. The van der Waals surface area contributed by atoms with Gasteiger partial charge in [-0.25, -0.2) is 0 Å². The molecule has 0 heterocycles. The van der Waals surface area contributed by atoms with Gasteiger partial charge in [0.25, 0.3) is 0 Å². The number of methoxy groups -OCH3 is 1. The molecule has 6 heteroatoms. The zero-order chi connectivity index (χ0) is 12.8. The first kappa shape index (κ1) is 13.6. The van der Waals surface area contributed by atoms with Crippen LogP contribution in [-0.4, -0.2) is 30.9 Å². The van der Waals surface area contributed by atoms with Gasteiger partial charge in [0.2, 0.25) is 0 Å². The van der Waals surface area contributed by atoms with Crippen molar-refractivity contribution in [3.8, 4) is 5.75 Å². The van der Waals surface area contributed by atoms with Crippen molar-refractivity contribution in [1.29, 1.82) is 0 Å². The fraction of sp³-hybridized carbons (Fsp3) is 0.364. The summed E-state index contributed by atoms with van der Waals surface area (Å²) in [5.41, 5.74) is 5.97. The lowest BCUT2D eigenvalue weighted by atomic mass is 10.2. The molecule has 0 aliphatic rings. The van der Waals surface area contributed by atoms with E-state index < -0.39 is 0 Å². The Hall–Kier alpha value is -1.46. The molecule has 1 aromatic carbocycles. The SMILES string of the molecule is COC(C)COc1ccc(/C(N)=N/O)cc1Cl. The molecule has 0 bridgehead atoms. The van der Waals surface area contributed by atoms with Crippen LogP contribution in [0.2, 0.25) is 5.02 Å². The van der Waals surface area contributed by atoms with Gasteiger partial charge in [0, 0.05) is 12.7 Å². The molecule has 5 nitrogen and oxygen atoms in total. The highest BCUT2D eigenvalue weighted by atomic mass is 35.5. The third-order valence-corrected chi connectivity index (χ3v) is 2.51. The molecule has 0 radical (unpaired) electrons. The first-order chi connectivity index (χ1) is 8.08. The Balaban J connectivity index is 2.76. The number of rotatable bonds is 5. The van der Waals surface area contributed by atoms with Gasteiger partial charge in [-0.3, -0.25) is 0 Å². The van der Waals surface area contributed by atoms with E-state index in [1.165, 1.54) is 0 Å². The molecular formula is C11H15ClN2O3. The number of halogens is 1. The van der Waals surface area contributed by atoms with Crippen molar-refractivity contribution in [2.75, 3.05) is 13.7 Å². The first-order valence-electron chi connectivity index (χ1n) is 5.01. The Morgan fingerprint density at radius 3 is 2.82 bits per heavy atom. The average molecular weight is 259 g/mol. The van der Waals surface area contributed by atoms with Gasteiger partial charge in [-0.15, -0.1) is 0 Å². The van der Waals surface area contributed by atoms with Crippen LogP contribution in [0.3, 0.4) is 0 Å². The molecule has 1 rings (SSSR count). The standard InChI is InChI=1S/C11H15ClN2O3/c1-7(16-2)6-17-10-4-3-8(5-9(10)12)11(13)14-15/h3-5,7,15H,6H2,1-2H3,(H2,13,14). The van der Waals surface area contributed by atoms with E-state index in [0.29, 0.717) is 22.9 Å². The van der Waals surface area contributed by atoms with Crippen LogP contribution < -0.4 is 10.5 Å². The second kappa shape index (κ2) is 6.32. The average Bonchev–Trinajstić information content (AvgIpc) is 2.35. The van der Waals surface area contributed by atoms with Crippen molar-refractivity contribution in [3.05, 3.63) is 28.8 Å². The molecule has 0 aliphatic carbocycles. The van der Waals surface area contributed by atoms with Crippen LogP contribution in [0.1, 0.15) is 12.5 Å². The molecule has 0 saturated heterocycles. The second-order valence-electron chi connectivity index (χ2n) is 3.49. The smallest absolute Gasteiger partial charge is 0.170 e. The van der Waals surface area contributed by atoms with Crippen LogP contribution in [0.15, 0.2) is 23.4 Å². The Morgan fingerprint density at radius 1 is 1.59 bits per heavy atom. The molecule has 0 aliphatic heterocycles. The van der Waals surface area contributed by atoms with E-state index in [2.05, 4.69) is 5.16 Å². The topological polar surface area (TPSA) is 77.1 Å². The van der Waals surface area contributed by atoms with Gasteiger partial charge in [-0.1, -0.05) is 16.8 Å². The predicted molar refractivity (Wildman–Crippen MR) is 65.9 cm³/mol. The number of ether oxygens (including phenoxy) is 2. The highest BCUT2D eigenvalue weighted by molar-refractivity contribution is 6.32. The van der Waals surface area contributed by atoms with Crippen LogP contribution in [0.25, 0.3) is 0 Å². The summed E-state index contributed by atoms with van der Waals surface area (Å²) < 4.78 is 10.5. The molecule has 0 fully saturated rings. The van der Waals surface area contributed by atoms with Gasteiger partial charge >= 0.3 is 0 Å². The zero-order valence-electron chi connectivity index (χ0n) is 9.68. The highest BCUT2D eigenvalue weighted by Gasteiger charge is 2.07. The Morgan fingerprint density at radius 2 is 2.29 bits per heavy atom. The Bertz CT molecular complexity index is 410. The van der Waals surface area contributed by atoms with Gasteiger partial charge in [0.05, 0.1) is 11.1 Å². The molecule has 94 valence electrons. The number of nitrogens with zero attached hydrogens (tertiary/aromatic N) is 1. The van der Waals surface area contributed by atoms with Crippen molar-refractivity contribution >= 4 is 17.4 Å². The molecule has 3 N–H and O–H groups in total. The largest absolute Gasteiger partial charge is 0.489 e. The van der Waals surface area contributed by atoms with E-state index >= 15 is 0 Å². The molecule has 0 spiro atoms. The quantitative estimate of drug-likeness (QED) is 0.366. The number of oxime groups is 1. The number of hydrogen-bond donors (Lipinski definition) is 2. The number of nitrogens with two attached hydrogens (primary N) is 1. The monoisotopic (exact) mass is 258 g/mol. The molecule has 1 aromatic rings. The lowest BCUT2D eigenvalue weighted by molar-refractivity contribution is 0.0717. The highest BCUT2D eigenvalue weighted by Crippen LogP contribution is 2.25. The molecule has 0 aromatic heterocycles. The summed E-state index contributed by atoms with van der Waals surface area (Å²) in [5, 5.41) is 11.8. The van der Waals surface area contributed by atoms with Gasteiger partial charge in [0.15, 0.2) is 5.84 Å². The molecule has 1 unspecified atom stereocenters. The Kier molecular flexibility index (Phi) is 5.06. The summed E-state index contributed by atoms with van der Waals surface area (Å²) in [6.45, 7) is 2.29. The zero-order valence-corrected chi connectivity index (χ0v) is 10.4. The summed E-state index contributed by atoms with van der Waals surface area (Å²) in [7, 11) is 1.61. The van der Waals surface area contributed by atoms with Crippen molar-refractivity contribution in [3.63, 3.8) is 0 Å². The number of benzene rings is 1. The van der Waals surface area contributed by atoms with Gasteiger partial charge in [-0.2, -0.15) is 0 Å². The molecule has 0 amide bonds. The number of amidine groups is 1. The van der Waals surface area contributed by atoms with Crippen molar-refractivity contribution in [2.45, 2.75) is 13.0 Å². The fourth-order valence-corrected chi connectivity index (χ4v) is 1.35. The lowest BCUT2D eigenvalue weighted by Crippen LogP contribution is -2.16. The molecular weight excluding hydrogens is 244 g/mol. The summed E-state index contributed by atoms with van der Waals surface area (Å²) >= 11 is 6.00. The van der Waals surface area contributed by atoms with E-state index in [1.807, 2.05) is 6.92 Å². The van der Waals surface area contributed by atoms with E-state index in [-0.39, 0.29) is 11.9 Å². The summed E-state index contributed by atoms with van der Waals surface area (Å²) in [6.07, 6.45) is -0.0187. The predicted octanol–water partition coefficient (Wildman–Crippen LogP) is 1.85. The normalized spacial score (nSPS) is 13.5. The van der Waals surface area contributed by atoms with Gasteiger partial charge in [-0.05, 0) is 25.1 Å². The fourth-order valence-electron chi connectivity index (χ4n) is 1.11. The minimum Gasteiger partial charge on any atom is -0.489 e. The lowest BCUT2D eigenvalue weighted by Gasteiger charge is -2.12. The number of hydrogen-bond acceptors (Lipinski definition) is 4. The van der Waals surface area contributed by atoms with Crippen LogP contribution in [0, 0.1) is 0 Å². The van der Waals surface area contributed by atoms with Gasteiger partial charge in [0.1, 0.15) is 12.4 Å². The summed E-state index contributed by atoms with van der Waals surface area (Å²) in [6, 6.07) is 4.90. The van der Waals surface area contributed by atoms with Crippen molar-refractivity contribution in [1.82, 2.24) is 0 Å². The van der Waals surface area contributed by atoms with Crippen LogP contribution in [-0.2, 0) is 4.74 Å². The summed E-state index contributed by atoms with van der Waals surface area (Å²) in [5.74, 6) is 0.536.